The maximum Gasteiger partial charge on any atom is 0.282 e. The second-order valence-corrected chi connectivity index (χ2v) is 8.43. The molecule has 2 aromatic carbocycles. The summed E-state index contributed by atoms with van der Waals surface area (Å²) < 4.78 is 5.42. The Hall–Kier alpha value is -2.41. The Morgan fingerprint density at radius 3 is 2.33 bits per heavy atom. The number of carbonyl (C=O) groups excluding carboxylic acids is 1. The van der Waals surface area contributed by atoms with Crippen LogP contribution in [0.3, 0.4) is 0 Å². The van der Waals surface area contributed by atoms with Crippen molar-refractivity contribution in [2.45, 2.75) is 19.5 Å². The molecule has 2 fully saturated rings. The van der Waals surface area contributed by atoms with E-state index in [0.29, 0.717) is 0 Å². The molecule has 4 rings (SSSR count). The van der Waals surface area contributed by atoms with Gasteiger partial charge in [0.15, 0.2) is 6.04 Å². The number of hydrogen-bond donors (Lipinski definition) is 3. The number of piperazine rings is 1. The molecule has 2 aliphatic heterocycles. The number of rotatable bonds is 6. The van der Waals surface area contributed by atoms with E-state index in [2.05, 4.69) is 59.6 Å². The minimum absolute atomic E-state index is 0.0396. The molecule has 160 valence electrons. The van der Waals surface area contributed by atoms with E-state index in [-0.39, 0.29) is 11.9 Å². The first kappa shape index (κ1) is 20.8. The Labute approximate surface area is 179 Å². The Morgan fingerprint density at radius 1 is 1.00 bits per heavy atom. The van der Waals surface area contributed by atoms with Crippen molar-refractivity contribution in [2.75, 3.05) is 62.7 Å². The lowest BCUT2D eigenvalue weighted by Gasteiger charge is -2.32. The molecular weight excluding hydrogens is 376 g/mol. The van der Waals surface area contributed by atoms with Gasteiger partial charge in [-0.15, -0.1) is 0 Å². The van der Waals surface area contributed by atoms with E-state index in [1.165, 1.54) is 16.2 Å². The number of ether oxygens (including phenoxy) is 1. The number of amides is 1. The maximum atomic E-state index is 12.8. The Kier molecular flexibility index (Phi) is 7.00. The minimum atomic E-state index is -0.0396. The molecule has 0 bridgehead atoms. The second kappa shape index (κ2) is 10.1. The number of nitrogens with one attached hydrogen (secondary N) is 3. The van der Waals surface area contributed by atoms with Gasteiger partial charge in [0.25, 0.3) is 5.91 Å². The van der Waals surface area contributed by atoms with E-state index in [9.17, 15) is 4.79 Å². The Bertz CT molecular complexity index is 798. The van der Waals surface area contributed by atoms with Crippen LogP contribution >= 0.6 is 0 Å². The first-order chi connectivity index (χ1) is 14.7. The molecule has 2 heterocycles. The van der Waals surface area contributed by atoms with Crippen molar-refractivity contribution in [1.82, 2.24) is 0 Å². The van der Waals surface area contributed by atoms with Crippen molar-refractivity contribution < 1.29 is 19.3 Å². The lowest BCUT2D eigenvalue weighted by Crippen LogP contribution is -3.29. The van der Waals surface area contributed by atoms with Gasteiger partial charge in [0, 0.05) is 30.0 Å². The number of nitrogens with zero attached hydrogens (tertiary/aromatic N) is 1. The van der Waals surface area contributed by atoms with Gasteiger partial charge in [0.2, 0.25) is 0 Å². The lowest BCUT2D eigenvalue weighted by molar-refractivity contribution is -1.02. The standard InChI is InChI=1S/C24H32N4O2/c1-20(27-13-11-26(12-14-27)19-21-5-3-2-4-6-21)24(29)25-22-7-9-23(10-8-22)28-15-17-30-18-16-28/h2-10,20H,11-19H2,1H3,(H,25,29)/p+2/t20-/m0/s1. The molecule has 0 unspecified atom stereocenters. The molecule has 30 heavy (non-hydrogen) atoms. The SMILES string of the molecule is C[C@@H](C(=O)Nc1ccc(N2CCOCC2)cc1)[NH+]1CC[NH+](Cc2ccccc2)CC1. The summed E-state index contributed by atoms with van der Waals surface area (Å²) in [5, 5.41) is 3.11. The van der Waals surface area contributed by atoms with E-state index in [1.807, 2.05) is 12.1 Å². The number of benzene rings is 2. The van der Waals surface area contributed by atoms with Crippen molar-refractivity contribution in [3.63, 3.8) is 0 Å². The summed E-state index contributed by atoms with van der Waals surface area (Å²) in [6.45, 7) is 10.8. The number of anilines is 2. The van der Waals surface area contributed by atoms with Crippen LogP contribution in [0.5, 0.6) is 0 Å². The fraction of sp³-hybridized carbons (Fsp3) is 0.458. The topological polar surface area (TPSA) is 50.5 Å². The molecule has 1 atom stereocenters. The zero-order chi connectivity index (χ0) is 20.8. The number of quaternary nitrogens is 2. The third kappa shape index (κ3) is 5.39. The van der Waals surface area contributed by atoms with Gasteiger partial charge in [-0.05, 0) is 31.2 Å². The molecule has 0 aromatic heterocycles. The summed E-state index contributed by atoms with van der Waals surface area (Å²) in [5.74, 6) is 0.107. The van der Waals surface area contributed by atoms with Gasteiger partial charge >= 0.3 is 0 Å². The predicted octanol–water partition coefficient (Wildman–Crippen LogP) is -0.166. The summed E-state index contributed by atoms with van der Waals surface area (Å²) in [7, 11) is 0. The molecule has 2 aliphatic rings. The van der Waals surface area contributed by atoms with Crippen LogP contribution in [0.15, 0.2) is 54.6 Å². The van der Waals surface area contributed by atoms with Crippen molar-refractivity contribution in [3.05, 3.63) is 60.2 Å². The van der Waals surface area contributed by atoms with Crippen molar-refractivity contribution in [2.24, 2.45) is 0 Å². The van der Waals surface area contributed by atoms with E-state index < -0.39 is 0 Å². The molecule has 6 nitrogen and oxygen atoms in total. The van der Waals surface area contributed by atoms with Gasteiger partial charge in [0.05, 0.1) is 13.2 Å². The first-order valence-electron chi connectivity index (χ1n) is 11.1. The molecule has 3 N–H and O–H groups in total. The summed E-state index contributed by atoms with van der Waals surface area (Å²) in [4.78, 5) is 18.1. The van der Waals surface area contributed by atoms with Gasteiger partial charge in [-0.25, -0.2) is 0 Å². The molecule has 2 aromatic rings. The molecule has 6 heteroatoms. The monoisotopic (exact) mass is 410 g/mol. The molecular formula is C24H34N4O2+2. The number of morpholine rings is 1. The second-order valence-electron chi connectivity index (χ2n) is 8.43. The van der Waals surface area contributed by atoms with Crippen molar-refractivity contribution >= 4 is 17.3 Å². The van der Waals surface area contributed by atoms with Gasteiger partial charge in [-0.1, -0.05) is 30.3 Å². The average molecular weight is 411 g/mol. The van der Waals surface area contributed by atoms with Crippen LogP contribution in [-0.4, -0.2) is 64.4 Å². The van der Waals surface area contributed by atoms with Crippen LogP contribution in [0.1, 0.15) is 12.5 Å². The van der Waals surface area contributed by atoms with E-state index in [4.69, 9.17) is 4.74 Å². The minimum Gasteiger partial charge on any atom is -0.378 e. The maximum absolute atomic E-state index is 12.8. The van der Waals surface area contributed by atoms with Crippen LogP contribution in [-0.2, 0) is 16.1 Å². The largest absolute Gasteiger partial charge is 0.378 e. The first-order valence-corrected chi connectivity index (χ1v) is 11.1. The van der Waals surface area contributed by atoms with Crippen molar-refractivity contribution in [1.29, 1.82) is 0 Å². The van der Waals surface area contributed by atoms with Gasteiger partial charge in [-0.3, -0.25) is 4.79 Å². The summed E-state index contributed by atoms with van der Waals surface area (Å²) in [5.41, 5.74) is 3.45. The highest BCUT2D eigenvalue weighted by Crippen LogP contribution is 2.19. The van der Waals surface area contributed by atoms with Crippen LogP contribution in [0.2, 0.25) is 0 Å². The molecule has 2 saturated heterocycles. The summed E-state index contributed by atoms with van der Waals surface area (Å²) in [6.07, 6.45) is 0. The van der Waals surface area contributed by atoms with Gasteiger partial charge in [-0.2, -0.15) is 0 Å². The van der Waals surface area contributed by atoms with Crippen LogP contribution in [0.25, 0.3) is 0 Å². The fourth-order valence-corrected chi connectivity index (χ4v) is 4.43. The molecule has 1 amide bonds. The Morgan fingerprint density at radius 2 is 1.67 bits per heavy atom. The number of carbonyl (C=O) groups is 1. The third-order valence-electron chi connectivity index (χ3n) is 6.41. The summed E-state index contributed by atoms with van der Waals surface area (Å²) >= 11 is 0. The predicted molar refractivity (Wildman–Crippen MR) is 119 cm³/mol. The zero-order valence-electron chi connectivity index (χ0n) is 17.9. The molecule has 0 saturated carbocycles. The average Bonchev–Trinajstić information content (AvgIpc) is 2.81. The molecule has 0 radical (unpaired) electrons. The van der Waals surface area contributed by atoms with Crippen LogP contribution < -0.4 is 20.0 Å². The highest BCUT2D eigenvalue weighted by molar-refractivity contribution is 5.93. The highest BCUT2D eigenvalue weighted by atomic mass is 16.5. The van der Waals surface area contributed by atoms with E-state index >= 15 is 0 Å². The number of hydrogen-bond acceptors (Lipinski definition) is 3. The fourth-order valence-electron chi connectivity index (χ4n) is 4.43. The Balaban J connectivity index is 1.25. The zero-order valence-corrected chi connectivity index (χ0v) is 17.9. The smallest absolute Gasteiger partial charge is 0.282 e. The normalized spacial score (nSPS) is 23.0. The van der Waals surface area contributed by atoms with Crippen LogP contribution in [0.4, 0.5) is 11.4 Å². The third-order valence-corrected chi connectivity index (χ3v) is 6.41. The van der Waals surface area contributed by atoms with Crippen LogP contribution in [0, 0.1) is 0 Å². The van der Waals surface area contributed by atoms with E-state index in [1.54, 1.807) is 4.90 Å². The van der Waals surface area contributed by atoms with Gasteiger partial charge < -0.3 is 24.8 Å². The van der Waals surface area contributed by atoms with Crippen molar-refractivity contribution in [3.8, 4) is 0 Å². The van der Waals surface area contributed by atoms with E-state index in [0.717, 1.165) is 64.7 Å². The molecule has 0 aliphatic carbocycles. The summed E-state index contributed by atoms with van der Waals surface area (Å²) in [6, 6.07) is 18.8. The quantitative estimate of drug-likeness (QED) is 0.620. The lowest BCUT2D eigenvalue weighted by atomic mass is 10.1. The van der Waals surface area contributed by atoms with Gasteiger partial charge in [0.1, 0.15) is 32.7 Å². The molecule has 0 spiro atoms. The highest BCUT2D eigenvalue weighted by Gasteiger charge is 2.31.